The van der Waals surface area contributed by atoms with Gasteiger partial charge in [0.2, 0.25) is 5.91 Å². The summed E-state index contributed by atoms with van der Waals surface area (Å²) in [7, 11) is 0. The number of hydrogen-bond acceptors (Lipinski definition) is 3. The van der Waals surface area contributed by atoms with Crippen molar-refractivity contribution in [2.75, 3.05) is 5.32 Å². The smallest absolute Gasteiger partial charge is 0.224 e. The largest absolute Gasteiger partial charge is 0.325 e. The van der Waals surface area contributed by atoms with Crippen molar-refractivity contribution in [3.8, 4) is 22.4 Å². The van der Waals surface area contributed by atoms with E-state index in [0.29, 0.717) is 34.8 Å². The Bertz CT molecular complexity index is 1120. The van der Waals surface area contributed by atoms with E-state index >= 15 is 0 Å². The summed E-state index contributed by atoms with van der Waals surface area (Å²) in [6, 6.07) is 16.8. The minimum absolute atomic E-state index is 0.0241. The summed E-state index contributed by atoms with van der Waals surface area (Å²) in [6.07, 6.45) is 8.14. The first-order chi connectivity index (χ1) is 15.8. The van der Waals surface area contributed by atoms with E-state index in [1.54, 1.807) is 26.1 Å². The second kappa shape index (κ2) is 9.84. The lowest BCUT2D eigenvalue weighted by Crippen LogP contribution is -2.29. The van der Waals surface area contributed by atoms with Crippen LogP contribution in [0.3, 0.4) is 0 Å². The standard InChI is InChI=1S/C28H32FN3O/c1-28(2,30)24-14-13-21(16-25(24)29)27-23(20-11-7-4-8-12-20)17-22(18-31-27)32-26(33)15-19-9-5-3-6-10-19/h4,7-8,11-14,16-19H,3,5-6,9-10,15,30H2,1-2H3,(H,32,33). The first kappa shape index (κ1) is 23.1. The highest BCUT2D eigenvalue weighted by Crippen LogP contribution is 2.34. The quantitative estimate of drug-likeness (QED) is 0.446. The first-order valence-electron chi connectivity index (χ1n) is 11.8. The molecule has 4 rings (SSSR count). The van der Waals surface area contributed by atoms with Gasteiger partial charge < -0.3 is 11.1 Å². The van der Waals surface area contributed by atoms with Crippen LogP contribution < -0.4 is 11.1 Å². The number of carbonyl (C=O) groups excluding carboxylic acids is 1. The average Bonchev–Trinajstić information content (AvgIpc) is 2.79. The van der Waals surface area contributed by atoms with Crippen molar-refractivity contribution in [3.05, 3.63) is 72.2 Å². The number of pyridine rings is 1. The molecule has 2 aromatic carbocycles. The maximum absolute atomic E-state index is 14.9. The molecule has 1 fully saturated rings. The molecule has 0 saturated heterocycles. The number of amides is 1. The number of aromatic nitrogens is 1. The van der Waals surface area contributed by atoms with Crippen molar-refractivity contribution in [1.29, 1.82) is 0 Å². The molecule has 4 nitrogen and oxygen atoms in total. The van der Waals surface area contributed by atoms with Crippen LogP contribution in [0.2, 0.25) is 0 Å². The SMILES string of the molecule is CC(C)(N)c1ccc(-c2ncc(NC(=O)CC3CCCCC3)cc2-c2ccccc2)cc1F. The number of benzene rings is 2. The van der Waals surface area contributed by atoms with Crippen LogP contribution in [-0.2, 0) is 10.3 Å². The van der Waals surface area contributed by atoms with Crippen LogP contribution in [0.5, 0.6) is 0 Å². The third-order valence-corrected chi connectivity index (χ3v) is 6.39. The first-order valence-corrected chi connectivity index (χ1v) is 11.8. The Hall–Kier alpha value is -3.05. The number of nitrogens with one attached hydrogen (secondary N) is 1. The molecule has 0 atom stereocenters. The van der Waals surface area contributed by atoms with Crippen LogP contribution in [0, 0.1) is 11.7 Å². The zero-order valence-corrected chi connectivity index (χ0v) is 19.4. The van der Waals surface area contributed by atoms with Gasteiger partial charge >= 0.3 is 0 Å². The molecular weight excluding hydrogens is 413 g/mol. The van der Waals surface area contributed by atoms with Crippen LogP contribution in [0.25, 0.3) is 22.4 Å². The predicted octanol–water partition coefficient (Wildman–Crippen LogP) is 6.66. The van der Waals surface area contributed by atoms with E-state index < -0.39 is 5.54 Å². The molecule has 33 heavy (non-hydrogen) atoms. The van der Waals surface area contributed by atoms with Crippen molar-refractivity contribution in [2.45, 2.75) is 57.9 Å². The van der Waals surface area contributed by atoms with E-state index in [2.05, 4.69) is 10.3 Å². The van der Waals surface area contributed by atoms with E-state index in [-0.39, 0.29) is 11.7 Å². The lowest BCUT2D eigenvalue weighted by Gasteiger charge is -2.21. The molecule has 1 aliphatic carbocycles. The number of halogens is 1. The molecule has 1 aliphatic rings. The van der Waals surface area contributed by atoms with Crippen LogP contribution in [0.15, 0.2) is 60.8 Å². The summed E-state index contributed by atoms with van der Waals surface area (Å²) in [4.78, 5) is 17.3. The van der Waals surface area contributed by atoms with Crippen molar-refractivity contribution in [2.24, 2.45) is 11.7 Å². The molecule has 5 heteroatoms. The van der Waals surface area contributed by atoms with Crippen LogP contribution in [0.4, 0.5) is 10.1 Å². The van der Waals surface area contributed by atoms with E-state index in [9.17, 15) is 9.18 Å². The maximum Gasteiger partial charge on any atom is 0.224 e. The van der Waals surface area contributed by atoms with Gasteiger partial charge in [-0.15, -0.1) is 0 Å². The fourth-order valence-electron chi connectivity index (χ4n) is 4.65. The number of rotatable bonds is 6. The Balaban J connectivity index is 1.65. The van der Waals surface area contributed by atoms with Gasteiger partial charge in [0.25, 0.3) is 0 Å². The van der Waals surface area contributed by atoms with Gasteiger partial charge in [0.1, 0.15) is 5.82 Å². The number of anilines is 1. The van der Waals surface area contributed by atoms with Crippen molar-refractivity contribution < 1.29 is 9.18 Å². The summed E-state index contributed by atoms with van der Waals surface area (Å²) in [5.74, 6) is 0.134. The number of hydrogen-bond donors (Lipinski definition) is 2. The average molecular weight is 446 g/mol. The highest BCUT2D eigenvalue weighted by Gasteiger charge is 2.21. The third kappa shape index (κ3) is 5.66. The highest BCUT2D eigenvalue weighted by atomic mass is 19.1. The normalized spacial score (nSPS) is 14.8. The minimum atomic E-state index is -0.773. The molecule has 0 bridgehead atoms. The molecule has 172 valence electrons. The Morgan fingerprint density at radius 3 is 2.45 bits per heavy atom. The Morgan fingerprint density at radius 1 is 1.06 bits per heavy atom. The van der Waals surface area contributed by atoms with Gasteiger partial charge in [-0.3, -0.25) is 9.78 Å². The number of carbonyl (C=O) groups is 1. The topological polar surface area (TPSA) is 68.0 Å². The van der Waals surface area contributed by atoms with Crippen LogP contribution >= 0.6 is 0 Å². The minimum Gasteiger partial charge on any atom is -0.325 e. The second-order valence-corrected chi connectivity index (χ2v) is 9.66. The lowest BCUT2D eigenvalue weighted by atomic mass is 9.87. The predicted molar refractivity (Wildman–Crippen MR) is 132 cm³/mol. The van der Waals surface area contributed by atoms with E-state index in [1.807, 2.05) is 42.5 Å². The Labute approximate surface area is 195 Å². The highest BCUT2D eigenvalue weighted by molar-refractivity contribution is 5.92. The van der Waals surface area contributed by atoms with E-state index in [4.69, 9.17) is 5.73 Å². The zero-order chi connectivity index (χ0) is 23.4. The second-order valence-electron chi connectivity index (χ2n) is 9.66. The fraction of sp³-hybridized carbons (Fsp3) is 0.357. The molecule has 1 amide bonds. The summed E-state index contributed by atoms with van der Waals surface area (Å²) < 4.78 is 14.9. The van der Waals surface area contributed by atoms with Crippen molar-refractivity contribution >= 4 is 11.6 Å². The molecule has 1 saturated carbocycles. The van der Waals surface area contributed by atoms with Gasteiger partial charge in [0.15, 0.2) is 0 Å². The summed E-state index contributed by atoms with van der Waals surface area (Å²) >= 11 is 0. The van der Waals surface area contributed by atoms with E-state index in [0.717, 1.165) is 24.0 Å². The molecule has 0 spiro atoms. The third-order valence-electron chi connectivity index (χ3n) is 6.39. The zero-order valence-electron chi connectivity index (χ0n) is 19.4. The van der Waals surface area contributed by atoms with Crippen LogP contribution in [-0.4, -0.2) is 10.9 Å². The fourth-order valence-corrected chi connectivity index (χ4v) is 4.65. The molecule has 1 heterocycles. The summed E-state index contributed by atoms with van der Waals surface area (Å²) in [5, 5.41) is 3.03. The van der Waals surface area contributed by atoms with Crippen molar-refractivity contribution in [1.82, 2.24) is 4.98 Å². The molecule has 0 unspecified atom stereocenters. The van der Waals surface area contributed by atoms with Gasteiger partial charge in [-0.2, -0.15) is 0 Å². The molecule has 1 aromatic heterocycles. The summed E-state index contributed by atoms with van der Waals surface area (Å²) in [6.45, 7) is 3.56. The lowest BCUT2D eigenvalue weighted by molar-refractivity contribution is -0.117. The molecular formula is C28H32FN3O. The summed E-state index contributed by atoms with van der Waals surface area (Å²) in [5.41, 5.74) is 9.55. The van der Waals surface area contributed by atoms with Gasteiger partial charge in [-0.05, 0) is 50.3 Å². The van der Waals surface area contributed by atoms with Gasteiger partial charge in [-0.25, -0.2) is 4.39 Å². The number of nitrogens with two attached hydrogens (primary N) is 1. The monoisotopic (exact) mass is 445 g/mol. The van der Waals surface area contributed by atoms with Gasteiger partial charge in [0.05, 0.1) is 17.6 Å². The number of nitrogens with zero attached hydrogens (tertiary/aromatic N) is 1. The van der Waals surface area contributed by atoms with E-state index in [1.165, 1.54) is 25.3 Å². The van der Waals surface area contributed by atoms with Crippen LogP contribution in [0.1, 0.15) is 57.9 Å². The molecule has 0 aliphatic heterocycles. The molecule has 3 aromatic rings. The van der Waals surface area contributed by atoms with Gasteiger partial charge in [0, 0.05) is 28.7 Å². The molecule has 3 N–H and O–H groups in total. The van der Waals surface area contributed by atoms with Crippen molar-refractivity contribution in [3.63, 3.8) is 0 Å². The molecule has 0 radical (unpaired) electrons. The Kier molecular flexibility index (Phi) is 6.89. The van der Waals surface area contributed by atoms with Gasteiger partial charge in [-0.1, -0.05) is 61.7 Å². The maximum atomic E-state index is 14.9. The Morgan fingerprint density at radius 2 is 1.79 bits per heavy atom.